The van der Waals surface area contributed by atoms with E-state index < -0.39 is 0 Å². The van der Waals surface area contributed by atoms with Crippen LogP contribution < -0.4 is 10.6 Å². The molecule has 1 aromatic heterocycles. The fourth-order valence-electron chi connectivity index (χ4n) is 1.95. The van der Waals surface area contributed by atoms with Gasteiger partial charge in [0.15, 0.2) is 0 Å². The smallest absolute Gasteiger partial charge is 0.0632 e. The lowest BCUT2D eigenvalue weighted by Crippen LogP contribution is -2.47. The lowest BCUT2D eigenvalue weighted by molar-refractivity contribution is 0.0766. The second-order valence-corrected chi connectivity index (χ2v) is 5.08. The number of ether oxygens (including phenoxy) is 1. The van der Waals surface area contributed by atoms with Gasteiger partial charge in [0.2, 0.25) is 0 Å². The van der Waals surface area contributed by atoms with Crippen molar-refractivity contribution in [2.24, 2.45) is 0 Å². The van der Waals surface area contributed by atoms with E-state index in [0.29, 0.717) is 6.04 Å². The molecular weight excluding hydrogens is 220 g/mol. The quantitative estimate of drug-likeness (QED) is 0.816. The predicted molar refractivity (Wildman–Crippen MR) is 68.0 cm³/mol. The third-order valence-electron chi connectivity index (χ3n) is 2.89. The number of thiophene rings is 1. The third-order valence-corrected chi connectivity index (χ3v) is 3.86. The Bertz CT molecular complexity index is 308. The number of morpholine rings is 1. The minimum Gasteiger partial charge on any atom is -0.378 e. The molecule has 2 heterocycles. The highest BCUT2D eigenvalue weighted by Gasteiger charge is 2.12. The first-order valence-electron chi connectivity index (χ1n) is 5.97. The van der Waals surface area contributed by atoms with Gasteiger partial charge in [-0.05, 0) is 23.4 Å². The van der Waals surface area contributed by atoms with Crippen molar-refractivity contribution in [3.8, 4) is 0 Å². The summed E-state index contributed by atoms with van der Waals surface area (Å²) >= 11 is 1.85. The van der Waals surface area contributed by atoms with Gasteiger partial charge < -0.3 is 15.4 Å². The summed E-state index contributed by atoms with van der Waals surface area (Å²) in [5.74, 6) is 0. The van der Waals surface area contributed by atoms with E-state index in [9.17, 15) is 0 Å². The zero-order chi connectivity index (χ0) is 11.2. The standard InChI is InChI=1S/C12H20N2OS/c1-2-10-3-6-16-12(10)8-13-7-11-9-15-5-4-14-11/h3,6,11,13-14H,2,4-5,7-9H2,1H3. The van der Waals surface area contributed by atoms with Gasteiger partial charge in [-0.25, -0.2) is 0 Å². The van der Waals surface area contributed by atoms with Crippen LogP contribution in [-0.2, 0) is 17.7 Å². The van der Waals surface area contributed by atoms with Crippen molar-refractivity contribution in [2.75, 3.05) is 26.3 Å². The van der Waals surface area contributed by atoms with Crippen LogP contribution in [-0.4, -0.2) is 32.3 Å². The van der Waals surface area contributed by atoms with E-state index >= 15 is 0 Å². The number of hydrogen-bond acceptors (Lipinski definition) is 4. The second kappa shape index (κ2) is 6.35. The second-order valence-electron chi connectivity index (χ2n) is 4.08. The Labute approximate surface area is 101 Å². The van der Waals surface area contributed by atoms with Crippen LogP contribution in [0.1, 0.15) is 17.4 Å². The molecule has 4 heteroatoms. The molecule has 1 unspecified atom stereocenters. The van der Waals surface area contributed by atoms with Crippen LogP contribution in [0.25, 0.3) is 0 Å². The molecule has 0 aliphatic carbocycles. The molecule has 2 rings (SSSR count). The van der Waals surface area contributed by atoms with Crippen molar-refractivity contribution in [1.29, 1.82) is 0 Å². The molecule has 0 bridgehead atoms. The van der Waals surface area contributed by atoms with Crippen molar-refractivity contribution in [2.45, 2.75) is 25.9 Å². The summed E-state index contributed by atoms with van der Waals surface area (Å²) in [6.45, 7) is 6.84. The van der Waals surface area contributed by atoms with Crippen LogP contribution in [0.2, 0.25) is 0 Å². The summed E-state index contributed by atoms with van der Waals surface area (Å²) in [7, 11) is 0. The largest absolute Gasteiger partial charge is 0.378 e. The van der Waals surface area contributed by atoms with E-state index in [4.69, 9.17) is 4.74 Å². The van der Waals surface area contributed by atoms with E-state index in [2.05, 4.69) is 29.0 Å². The minimum absolute atomic E-state index is 0.471. The molecule has 0 saturated carbocycles. The van der Waals surface area contributed by atoms with Gasteiger partial charge in [0, 0.05) is 30.6 Å². The molecule has 16 heavy (non-hydrogen) atoms. The molecule has 1 aliphatic rings. The van der Waals surface area contributed by atoms with Crippen LogP contribution in [0.5, 0.6) is 0 Å². The van der Waals surface area contributed by atoms with Gasteiger partial charge in [-0.1, -0.05) is 6.92 Å². The fraction of sp³-hybridized carbons (Fsp3) is 0.667. The molecule has 90 valence electrons. The van der Waals surface area contributed by atoms with Crippen molar-refractivity contribution in [3.05, 3.63) is 21.9 Å². The minimum atomic E-state index is 0.471. The first kappa shape index (κ1) is 12.0. The Kier molecular flexibility index (Phi) is 4.78. The lowest BCUT2D eigenvalue weighted by Gasteiger charge is -2.24. The van der Waals surface area contributed by atoms with E-state index in [-0.39, 0.29) is 0 Å². The fourth-order valence-corrected chi connectivity index (χ4v) is 2.89. The third kappa shape index (κ3) is 3.28. The summed E-state index contributed by atoms with van der Waals surface area (Å²) in [4.78, 5) is 1.47. The highest BCUT2D eigenvalue weighted by Crippen LogP contribution is 2.16. The Morgan fingerprint density at radius 3 is 3.31 bits per heavy atom. The van der Waals surface area contributed by atoms with Gasteiger partial charge in [0.1, 0.15) is 0 Å². The number of rotatable bonds is 5. The molecule has 0 radical (unpaired) electrons. The number of hydrogen-bond donors (Lipinski definition) is 2. The van der Waals surface area contributed by atoms with E-state index in [1.807, 2.05) is 11.3 Å². The van der Waals surface area contributed by atoms with Gasteiger partial charge >= 0.3 is 0 Å². The average molecular weight is 240 g/mol. The molecule has 0 aromatic carbocycles. The van der Waals surface area contributed by atoms with Crippen LogP contribution in [0.15, 0.2) is 11.4 Å². The molecule has 1 aliphatic heterocycles. The molecule has 1 saturated heterocycles. The lowest BCUT2D eigenvalue weighted by atomic mass is 10.2. The molecule has 1 atom stereocenters. The normalized spacial score (nSPS) is 21.2. The molecule has 0 amide bonds. The van der Waals surface area contributed by atoms with Crippen LogP contribution in [0.3, 0.4) is 0 Å². The van der Waals surface area contributed by atoms with Gasteiger partial charge in [-0.2, -0.15) is 0 Å². The zero-order valence-corrected chi connectivity index (χ0v) is 10.6. The average Bonchev–Trinajstić information content (AvgIpc) is 2.78. The van der Waals surface area contributed by atoms with Gasteiger partial charge in [0.25, 0.3) is 0 Å². The molecule has 0 spiro atoms. The maximum Gasteiger partial charge on any atom is 0.0632 e. The van der Waals surface area contributed by atoms with E-state index in [1.165, 1.54) is 10.4 Å². The van der Waals surface area contributed by atoms with Crippen LogP contribution in [0.4, 0.5) is 0 Å². The Balaban J connectivity index is 1.71. The zero-order valence-electron chi connectivity index (χ0n) is 9.79. The SMILES string of the molecule is CCc1ccsc1CNCC1COCCN1. The first-order chi connectivity index (χ1) is 7.90. The highest BCUT2D eigenvalue weighted by atomic mass is 32.1. The Morgan fingerprint density at radius 2 is 2.56 bits per heavy atom. The summed E-state index contributed by atoms with van der Waals surface area (Å²) in [5.41, 5.74) is 1.48. The first-order valence-corrected chi connectivity index (χ1v) is 6.85. The van der Waals surface area contributed by atoms with Gasteiger partial charge in [0.05, 0.1) is 13.2 Å². The van der Waals surface area contributed by atoms with Crippen LogP contribution >= 0.6 is 11.3 Å². The summed E-state index contributed by atoms with van der Waals surface area (Å²) in [6, 6.07) is 2.70. The highest BCUT2D eigenvalue weighted by molar-refractivity contribution is 7.10. The number of nitrogens with one attached hydrogen (secondary N) is 2. The summed E-state index contributed by atoms with van der Waals surface area (Å²) in [6.07, 6.45) is 1.13. The van der Waals surface area contributed by atoms with E-state index in [0.717, 1.165) is 39.3 Å². The maximum absolute atomic E-state index is 5.41. The Hall–Kier alpha value is -0.420. The topological polar surface area (TPSA) is 33.3 Å². The number of aryl methyl sites for hydroxylation is 1. The summed E-state index contributed by atoms with van der Waals surface area (Å²) in [5, 5.41) is 9.12. The van der Waals surface area contributed by atoms with E-state index in [1.54, 1.807) is 0 Å². The van der Waals surface area contributed by atoms with Crippen molar-refractivity contribution in [3.63, 3.8) is 0 Å². The monoisotopic (exact) mass is 240 g/mol. The molecule has 2 N–H and O–H groups in total. The van der Waals surface area contributed by atoms with Crippen LogP contribution in [0, 0.1) is 0 Å². The maximum atomic E-state index is 5.41. The van der Waals surface area contributed by atoms with Crippen molar-refractivity contribution in [1.82, 2.24) is 10.6 Å². The molecule has 1 fully saturated rings. The van der Waals surface area contributed by atoms with Gasteiger partial charge in [-0.15, -0.1) is 11.3 Å². The van der Waals surface area contributed by atoms with Crippen molar-refractivity contribution < 1.29 is 4.74 Å². The molecule has 3 nitrogen and oxygen atoms in total. The predicted octanol–water partition coefficient (Wildman–Crippen LogP) is 1.39. The van der Waals surface area contributed by atoms with Gasteiger partial charge in [-0.3, -0.25) is 0 Å². The Morgan fingerprint density at radius 1 is 1.62 bits per heavy atom. The summed E-state index contributed by atoms with van der Waals surface area (Å²) < 4.78 is 5.41. The molecular formula is C12H20N2OS. The van der Waals surface area contributed by atoms with Crippen molar-refractivity contribution >= 4 is 11.3 Å². The molecule has 1 aromatic rings.